The van der Waals surface area contributed by atoms with Crippen LogP contribution in [0.3, 0.4) is 0 Å². The van der Waals surface area contributed by atoms with Gasteiger partial charge in [0.25, 0.3) is 0 Å². The van der Waals surface area contributed by atoms with Gasteiger partial charge >= 0.3 is 39.5 Å². The molecule has 0 aromatic heterocycles. The summed E-state index contributed by atoms with van der Waals surface area (Å²) >= 11 is 0. The van der Waals surface area contributed by atoms with Crippen LogP contribution in [-0.4, -0.2) is 96.7 Å². The fourth-order valence-corrected chi connectivity index (χ4v) is 13.3. The molecule has 4 unspecified atom stereocenters. The predicted octanol–water partition coefficient (Wildman–Crippen LogP) is 22.6. The highest BCUT2D eigenvalue weighted by Crippen LogP contribution is 2.45. The minimum Gasteiger partial charge on any atom is -0.462 e. The summed E-state index contributed by atoms with van der Waals surface area (Å²) < 4.78 is 68.6. The van der Waals surface area contributed by atoms with E-state index in [2.05, 4.69) is 48.5 Å². The van der Waals surface area contributed by atoms with Crippen LogP contribution in [0.4, 0.5) is 0 Å². The first-order valence-electron chi connectivity index (χ1n) is 39.9. The second-order valence-electron chi connectivity index (χ2n) is 28.7. The van der Waals surface area contributed by atoms with Crippen LogP contribution in [0, 0.1) is 17.8 Å². The maximum Gasteiger partial charge on any atom is 0.472 e. The first kappa shape index (κ1) is 94.1. The molecule has 3 N–H and O–H groups in total. The zero-order valence-corrected chi connectivity index (χ0v) is 64.6. The van der Waals surface area contributed by atoms with Gasteiger partial charge in [-0.25, -0.2) is 9.13 Å². The number of carbonyl (C=O) groups is 4. The van der Waals surface area contributed by atoms with Crippen molar-refractivity contribution in [2.24, 2.45) is 17.8 Å². The van der Waals surface area contributed by atoms with Crippen LogP contribution in [-0.2, 0) is 65.4 Å². The Morgan fingerprint density at radius 2 is 0.531 bits per heavy atom. The van der Waals surface area contributed by atoms with Crippen molar-refractivity contribution < 1.29 is 80.2 Å². The molecule has 0 rings (SSSR count). The van der Waals surface area contributed by atoms with Gasteiger partial charge < -0.3 is 33.8 Å². The lowest BCUT2D eigenvalue weighted by Gasteiger charge is -2.21. The average molecular weight is 1410 g/mol. The Hall–Kier alpha value is -1.94. The third kappa shape index (κ3) is 67.9. The number of rotatable bonds is 75. The smallest absolute Gasteiger partial charge is 0.462 e. The van der Waals surface area contributed by atoms with Crippen LogP contribution in [0.2, 0.25) is 0 Å². The van der Waals surface area contributed by atoms with Gasteiger partial charge in [0, 0.05) is 25.7 Å². The summed E-state index contributed by atoms with van der Waals surface area (Å²) in [5.41, 5.74) is 0. The highest BCUT2D eigenvalue weighted by Gasteiger charge is 2.30. The van der Waals surface area contributed by atoms with E-state index in [1.807, 2.05) is 0 Å². The van der Waals surface area contributed by atoms with E-state index in [0.29, 0.717) is 25.7 Å². The largest absolute Gasteiger partial charge is 0.472 e. The number of hydrogen-bond donors (Lipinski definition) is 3. The highest BCUT2D eigenvalue weighted by molar-refractivity contribution is 7.47. The Bertz CT molecular complexity index is 1870. The van der Waals surface area contributed by atoms with Crippen LogP contribution in [0.5, 0.6) is 0 Å². The molecule has 0 saturated heterocycles. The minimum atomic E-state index is -4.96. The van der Waals surface area contributed by atoms with Crippen molar-refractivity contribution >= 4 is 39.5 Å². The molecule has 0 saturated carbocycles. The number of esters is 4. The van der Waals surface area contributed by atoms with Crippen molar-refractivity contribution in [3.05, 3.63) is 0 Å². The monoisotopic (exact) mass is 1410 g/mol. The number of hydrogen-bond acceptors (Lipinski definition) is 15. The highest BCUT2D eigenvalue weighted by atomic mass is 31.2. The summed E-state index contributed by atoms with van der Waals surface area (Å²) in [4.78, 5) is 72.9. The molecule has 0 aliphatic carbocycles. The summed E-state index contributed by atoms with van der Waals surface area (Å²) in [6.45, 7) is 12.0. The number of unbranched alkanes of at least 4 members (excludes halogenated alkanes) is 41. The third-order valence-corrected chi connectivity index (χ3v) is 20.5. The second-order valence-corrected chi connectivity index (χ2v) is 31.6. The molecule has 0 bridgehead atoms. The summed E-state index contributed by atoms with van der Waals surface area (Å²) in [6.07, 6.45) is 53.9. The first-order chi connectivity index (χ1) is 46.3. The summed E-state index contributed by atoms with van der Waals surface area (Å²) in [5.74, 6) is 0.300. The van der Waals surface area contributed by atoms with E-state index < -0.39 is 97.5 Å². The molecule has 0 amide bonds. The minimum absolute atomic E-state index is 0.106. The van der Waals surface area contributed by atoms with Gasteiger partial charge in [-0.1, -0.05) is 344 Å². The van der Waals surface area contributed by atoms with Gasteiger partial charge in [0.15, 0.2) is 12.2 Å². The van der Waals surface area contributed by atoms with E-state index in [1.54, 1.807) is 0 Å². The maximum atomic E-state index is 13.1. The molecule has 0 aliphatic rings. The van der Waals surface area contributed by atoms with E-state index >= 15 is 0 Å². The SMILES string of the molecule is CCCCCCCCCCCCC(=O)OC[C@H](COP(=O)(O)OC[C@H](O)COP(=O)(O)OC[C@@H](COC(=O)CCCCCCCCCCCCC(C)CC)OC(=O)CCCCCCCCCCCCCCCCCC(C)C)OC(=O)CCCCCCCCCCCCC(C)CC. The predicted molar refractivity (Wildman–Crippen MR) is 391 cm³/mol. The van der Waals surface area contributed by atoms with Crippen molar-refractivity contribution in [3.63, 3.8) is 0 Å². The number of carbonyl (C=O) groups excluding carboxylic acids is 4. The average Bonchev–Trinajstić information content (AvgIpc) is 2.63. The molecule has 0 aliphatic heterocycles. The topological polar surface area (TPSA) is 237 Å². The zero-order valence-electron chi connectivity index (χ0n) is 62.8. The quantitative estimate of drug-likeness (QED) is 0.0222. The lowest BCUT2D eigenvalue weighted by Crippen LogP contribution is -2.30. The van der Waals surface area contributed by atoms with E-state index in [4.69, 9.17) is 37.0 Å². The van der Waals surface area contributed by atoms with Gasteiger partial charge in [0.05, 0.1) is 26.4 Å². The van der Waals surface area contributed by atoms with E-state index in [0.717, 1.165) is 108 Å². The Morgan fingerprint density at radius 3 is 0.792 bits per heavy atom. The molecule has 0 spiro atoms. The lowest BCUT2D eigenvalue weighted by molar-refractivity contribution is -0.161. The van der Waals surface area contributed by atoms with Gasteiger partial charge in [-0.3, -0.25) is 37.3 Å². The van der Waals surface area contributed by atoms with Crippen LogP contribution in [0.15, 0.2) is 0 Å². The molecular formula is C77H150O17P2. The van der Waals surface area contributed by atoms with Gasteiger partial charge in [-0.2, -0.15) is 0 Å². The molecule has 19 heteroatoms. The van der Waals surface area contributed by atoms with Gasteiger partial charge in [-0.15, -0.1) is 0 Å². The Labute approximate surface area is 588 Å². The molecule has 0 aromatic carbocycles. The molecular weight excluding hydrogens is 1260 g/mol. The number of aliphatic hydroxyl groups excluding tert-OH is 1. The van der Waals surface area contributed by atoms with Crippen molar-refractivity contribution in [2.75, 3.05) is 39.6 Å². The van der Waals surface area contributed by atoms with Crippen LogP contribution in [0.25, 0.3) is 0 Å². The lowest BCUT2D eigenvalue weighted by atomic mass is 9.99. The summed E-state index contributed by atoms with van der Waals surface area (Å²) in [6, 6.07) is 0. The van der Waals surface area contributed by atoms with Gasteiger partial charge in [-0.05, 0) is 43.4 Å². The molecule has 0 fully saturated rings. The van der Waals surface area contributed by atoms with E-state index in [9.17, 15) is 43.2 Å². The number of phosphoric ester groups is 2. The van der Waals surface area contributed by atoms with Crippen molar-refractivity contribution in [1.29, 1.82) is 0 Å². The second kappa shape index (κ2) is 67.5. The van der Waals surface area contributed by atoms with Crippen LogP contribution >= 0.6 is 15.6 Å². The maximum absolute atomic E-state index is 13.1. The van der Waals surface area contributed by atoms with Crippen molar-refractivity contribution in [2.45, 2.75) is 414 Å². The Kier molecular flexibility index (Phi) is 66.2. The van der Waals surface area contributed by atoms with Crippen molar-refractivity contribution in [1.82, 2.24) is 0 Å². The normalized spacial score (nSPS) is 14.6. The molecule has 96 heavy (non-hydrogen) atoms. The fourth-order valence-electron chi connectivity index (χ4n) is 11.7. The van der Waals surface area contributed by atoms with Crippen LogP contribution in [0.1, 0.15) is 395 Å². The van der Waals surface area contributed by atoms with Crippen molar-refractivity contribution in [3.8, 4) is 0 Å². The molecule has 0 aromatic rings. The molecule has 0 heterocycles. The Balaban J connectivity index is 5.25. The Morgan fingerprint density at radius 1 is 0.302 bits per heavy atom. The first-order valence-corrected chi connectivity index (χ1v) is 42.9. The van der Waals surface area contributed by atoms with E-state index in [-0.39, 0.29) is 25.7 Å². The third-order valence-electron chi connectivity index (χ3n) is 18.6. The van der Waals surface area contributed by atoms with E-state index in [1.165, 1.54) is 205 Å². The molecule has 0 radical (unpaired) electrons. The van der Waals surface area contributed by atoms with Gasteiger partial charge in [0.2, 0.25) is 0 Å². The van der Waals surface area contributed by atoms with Crippen LogP contribution < -0.4 is 0 Å². The standard InChI is InChI=1S/C77H150O17P2/c1-8-11-12-13-14-15-30-37-44-51-58-74(79)87-64-72(94-77(82)61-54-47-40-33-26-24-29-36-43-50-57-70(7)10-3)66-91-95(83,84)89-62-71(78)63-90-96(85,86)92-67-73(65-88-75(80)59-52-45-38-31-25-23-28-35-42-49-56-69(6)9-2)93-76(81)60-53-46-39-32-22-20-18-16-17-19-21-27-34-41-48-55-68(4)5/h68-73,78H,8-67H2,1-7H3,(H,83,84)(H,85,86)/t69?,70?,71-,72+,73+/m0/s1. The summed E-state index contributed by atoms with van der Waals surface area (Å²) in [5, 5.41) is 10.6. The zero-order chi connectivity index (χ0) is 70.9. The molecule has 570 valence electrons. The fraction of sp³-hybridized carbons (Fsp3) is 0.948. The number of phosphoric acid groups is 2. The van der Waals surface area contributed by atoms with Gasteiger partial charge in [0.1, 0.15) is 19.3 Å². The number of ether oxygens (including phenoxy) is 4. The summed E-state index contributed by atoms with van der Waals surface area (Å²) in [7, 11) is -9.91. The molecule has 7 atom stereocenters. The number of aliphatic hydroxyl groups is 1. The molecule has 17 nitrogen and oxygen atoms in total.